The first-order valence-corrected chi connectivity index (χ1v) is 7.60. The molecule has 106 valence electrons. The molecular formula is C15H23NO2S. The van der Waals surface area contributed by atoms with Gasteiger partial charge in [-0.2, -0.15) is 0 Å². The maximum absolute atomic E-state index is 6.46. The van der Waals surface area contributed by atoms with E-state index in [2.05, 4.69) is 26.0 Å². The summed E-state index contributed by atoms with van der Waals surface area (Å²) in [5.41, 5.74) is 7.21. The van der Waals surface area contributed by atoms with E-state index < -0.39 is 0 Å². The number of rotatable bonds is 5. The second kappa shape index (κ2) is 5.63. The van der Waals surface area contributed by atoms with E-state index in [0.717, 1.165) is 34.8 Å². The van der Waals surface area contributed by atoms with Crippen molar-refractivity contribution in [3.05, 3.63) is 17.7 Å². The lowest BCUT2D eigenvalue weighted by molar-refractivity contribution is 0.233. The maximum atomic E-state index is 6.46. The molecule has 0 aliphatic heterocycles. The van der Waals surface area contributed by atoms with Crippen LogP contribution in [0.1, 0.15) is 38.7 Å². The lowest BCUT2D eigenvalue weighted by Crippen LogP contribution is -2.43. The predicted octanol–water partition coefficient (Wildman–Crippen LogP) is 3.54. The van der Waals surface area contributed by atoms with Gasteiger partial charge in [-0.3, -0.25) is 0 Å². The SMILES string of the molecule is COc1cc(SC(C)C)cc(OC)c1C1(N)CCC1. The van der Waals surface area contributed by atoms with Crippen molar-refractivity contribution in [2.45, 2.75) is 48.8 Å². The van der Waals surface area contributed by atoms with E-state index in [-0.39, 0.29) is 5.54 Å². The molecule has 0 spiro atoms. The molecule has 1 saturated carbocycles. The molecule has 1 aliphatic rings. The quantitative estimate of drug-likeness (QED) is 0.838. The molecule has 1 aromatic rings. The standard InChI is InChI=1S/C15H23NO2S/c1-10(2)19-11-8-12(17-3)14(13(9-11)18-4)15(16)6-5-7-15/h8-10H,5-7,16H2,1-4H3. The normalized spacial score (nSPS) is 17.2. The van der Waals surface area contributed by atoms with Gasteiger partial charge in [-0.1, -0.05) is 13.8 Å². The van der Waals surface area contributed by atoms with Crippen molar-refractivity contribution in [1.82, 2.24) is 0 Å². The summed E-state index contributed by atoms with van der Waals surface area (Å²) in [4.78, 5) is 1.16. The summed E-state index contributed by atoms with van der Waals surface area (Å²) in [5.74, 6) is 1.70. The highest BCUT2D eigenvalue weighted by Gasteiger charge is 2.39. The van der Waals surface area contributed by atoms with E-state index in [0.29, 0.717) is 5.25 Å². The van der Waals surface area contributed by atoms with Crippen LogP contribution in [-0.2, 0) is 5.54 Å². The van der Waals surface area contributed by atoms with Crippen molar-refractivity contribution in [3.8, 4) is 11.5 Å². The average Bonchev–Trinajstić information content (AvgIpc) is 2.34. The van der Waals surface area contributed by atoms with Crippen molar-refractivity contribution in [2.75, 3.05) is 14.2 Å². The number of hydrogen-bond acceptors (Lipinski definition) is 4. The van der Waals surface area contributed by atoms with Crippen LogP contribution in [0.3, 0.4) is 0 Å². The first-order valence-electron chi connectivity index (χ1n) is 6.72. The van der Waals surface area contributed by atoms with Gasteiger partial charge in [0.2, 0.25) is 0 Å². The third-order valence-corrected chi connectivity index (χ3v) is 4.57. The number of methoxy groups -OCH3 is 2. The zero-order valence-corrected chi connectivity index (χ0v) is 13.0. The molecule has 1 aliphatic carbocycles. The minimum absolute atomic E-state index is 0.280. The zero-order chi connectivity index (χ0) is 14.0. The summed E-state index contributed by atoms with van der Waals surface area (Å²) in [7, 11) is 3.40. The van der Waals surface area contributed by atoms with Crippen LogP contribution in [0.15, 0.2) is 17.0 Å². The predicted molar refractivity (Wildman–Crippen MR) is 80.3 cm³/mol. The molecule has 0 amide bonds. The highest BCUT2D eigenvalue weighted by atomic mass is 32.2. The number of hydrogen-bond donors (Lipinski definition) is 1. The van der Waals surface area contributed by atoms with Gasteiger partial charge in [0.25, 0.3) is 0 Å². The molecule has 2 N–H and O–H groups in total. The van der Waals surface area contributed by atoms with Crippen LogP contribution >= 0.6 is 11.8 Å². The van der Waals surface area contributed by atoms with Crippen LogP contribution in [-0.4, -0.2) is 19.5 Å². The molecule has 3 nitrogen and oxygen atoms in total. The van der Waals surface area contributed by atoms with Gasteiger partial charge in [0, 0.05) is 15.7 Å². The van der Waals surface area contributed by atoms with Gasteiger partial charge in [0.1, 0.15) is 11.5 Å². The Kier molecular flexibility index (Phi) is 4.31. The number of thioether (sulfide) groups is 1. The van der Waals surface area contributed by atoms with Crippen molar-refractivity contribution in [2.24, 2.45) is 5.73 Å². The fourth-order valence-corrected chi connectivity index (χ4v) is 3.42. The lowest BCUT2D eigenvalue weighted by Gasteiger charge is -2.40. The van der Waals surface area contributed by atoms with E-state index in [4.69, 9.17) is 15.2 Å². The van der Waals surface area contributed by atoms with Crippen LogP contribution in [0.25, 0.3) is 0 Å². The topological polar surface area (TPSA) is 44.5 Å². The van der Waals surface area contributed by atoms with Gasteiger partial charge in [0.05, 0.1) is 19.8 Å². The Bertz CT molecular complexity index is 430. The second-order valence-electron chi connectivity index (χ2n) is 5.38. The maximum Gasteiger partial charge on any atom is 0.128 e. The molecule has 0 unspecified atom stereocenters. The molecule has 0 aromatic heterocycles. The highest BCUT2D eigenvalue weighted by molar-refractivity contribution is 7.99. The average molecular weight is 281 g/mol. The van der Waals surface area contributed by atoms with Gasteiger partial charge in [0.15, 0.2) is 0 Å². The van der Waals surface area contributed by atoms with Crippen molar-refractivity contribution < 1.29 is 9.47 Å². The molecule has 2 rings (SSSR count). The van der Waals surface area contributed by atoms with Crippen molar-refractivity contribution >= 4 is 11.8 Å². The third kappa shape index (κ3) is 2.84. The molecular weight excluding hydrogens is 258 g/mol. The van der Waals surface area contributed by atoms with E-state index in [1.165, 1.54) is 6.42 Å². The molecule has 0 saturated heterocycles. The summed E-state index contributed by atoms with van der Waals surface area (Å²) in [6.45, 7) is 4.35. The summed E-state index contributed by atoms with van der Waals surface area (Å²) >= 11 is 1.80. The fraction of sp³-hybridized carbons (Fsp3) is 0.600. The first-order chi connectivity index (χ1) is 9.00. The Labute approximate surface area is 119 Å². The Morgan fingerprint density at radius 2 is 1.68 bits per heavy atom. The Morgan fingerprint density at radius 3 is 2.00 bits per heavy atom. The third-order valence-electron chi connectivity index (χ3n) is 3.59. The smallest absolute Gasteiger partial charge is 0.128 e. The number of nitrogens with two attached hydrogens (primary N) is 1. The molecule has 0 bridgehead atoms. The Hall–Kier alpha value is -0.870. The van der Waals surface area contributed by atoms with E-state index in [9.17, 15) is 0 Å². The second-order valence-corrected chi connectivity index (χ2v) is 7.03. The van der Waals surface area contributed by atoms with Crippen molar-refractivity contribution in [3.63, 3.8) is 0 Å². The lowest BCUT2D eigenvalue weighted by atomic mass is 9.72. The summed E-state index contributed by atoms with van der Waals surface area (Å²) in [5, 5.41) is 0.524. The van der Waals surface area contributed by atoms with Gasteiger partial charge < -0.3 is 15.2 Å². The van der Waals surface area contributed by atoms with Crippen LogP contribution < -0.4 is 15.2 Å². The van der Waals surface area contributed by atoms with Gasteiger partial charge in [-0.05, 0) is 31.4 Å². The number of ether oxygens (including phenoxy) is 2. The molecule has 4 heteroatoms. The molecule has 1 aromatic carbocycles. The van der Waals surface area contributed by atoms with Crippen LogP contribution in [0.2, 0.25) is 0 Å². The zero-order valence-electron chi connectivity index (χ0n) is 12.2. The first kappa shape index (κ1) is 14.5. The van der Waals surface area contributed by atoms with Crippen LogP contribution in [0.4, 0.5) is 0 Å². The minimum Gasteiger partial charge on any atom is -0.496 e. The van der Waals surface area contributed by atoms with Gasteiger partial charge in [-0.15, -0.1) is 11.8 Å². The minimum atomic E-state index is -0.280. The van der Waals surface area contributed by atoms with Gasteiger partial charge in [-0.25, -0.2) is 0 Å². The summed E-state index contributed by atoms with van der Waals surface area (Å²) in [6, 6.07) is 4.16. The summed E-state index contributed by atoms with van der Waals surface area (Å²) in [6.07, 6.45) is 3.16. The fourth-order valence-electron chi connectivity index (χ4n) is 2.53. The summed E-state index contributed by atoms with van der Waals surface area (Å²) < 4.78 is 11.1. The highest BCUT2D eigenvalue weighted by Crippen LogP contribution is 2.48. The van der Waals surface area contributed by atoms with Crippen LogP contribution in [0, 0.1) is 0 Å². The van der Waals surface area contributed by atoms with E-state index >= 15 is 0 Å². The van der Waals surface area contributed by atoms with E-state index in [1.807, 2.05) is 0 Å². The molecule has 0 radical (unpaired) electrons. The largest absolute Gasteiger partial charge is 0.496 e. The Morgan fingerprint density at radius 1 is 1.16 bits per heavy atom. The Balaban J connectivity index is 2.46. The van der Waals surface area contributed by atoms with Gasteiger partial charge >= 0.3 is 0 Å². The molecule has 1 fully saturated rings. The van der Waals surface area contributed by atoms with E-state index in [1.54, 1.807) is 26.0 Å². The molecule has 0 heterocycles. The molecule has 0 atom stereocenters. The molecule has 19 heavy (non-hydrogen) atoms. The number of benzene rings is 1. The monoisotopic (exact) mass is 281 g/mol. The van der Waals surface area contributed by atoms with Crippen LogP contribution in [0.5, 0.6) is 11.5 Å². The van der Waals surface area contributed by atoms with Crippen molar-refractivity contribution in [1.29, 1.82) is 0 Å².